The maximum atomic E-state index is 11.8. The average Bonchev–Trinajstić information content (AvgIpc) is 3.20. The number of nitrogens with one attached hydrogen (secondary N) is 2. The van der Waals surface area contributed by atoms with Crippen molar-refractivity contribution in [3.63, 3.8) is 0 Å². The smallest absolute Gasteiger partial charge is 0.407 e. The molecule has 0 radical (unpaired) electrons. The zero-order valence-corrected chi connectivity index (χ0v) is 24.5. The number of nitrogens with two attached hydrogens (primary N) is 1. The largest absolute Gasteiger partial charge is 0.494 e. The van der Waals surface area contributed by atoms with Gasteiger partial charge in [-0.1, -0.05) is 25.8 Å². The van der Waals surface area contributed by atoms with Crippen LogP contribution in [0.3, 0.4) is 0 Å². The van der Waals surface area contributed by atoms with E-state index in [2.05, 4.69) is 35.8 Å². The lowest BCUT2D eigenvalue weighted by Gasteiger charge is -2.51. The second-order valence-corrected chi connectivity index (χ2v) is 13.2. The number of carbonyl (C=O) groups is 1. The van der Waals surface area contributed by atoms with Crippen LogP contribution < -0.4 is 21.1 Å². The molecule has 5 atom stereocenters. The van der Waals surface area contributed by atoms with Gasteiger partial charge in [0.25, 0.3) is 0 Å². The number of benzene rings is 1. The number of unbranched alkanes of at least 4 members (excludes halogenated alkanes) is 3. The molecular formula is C32H53N3O3. The molecule has 0 spiro atoms. The van der Waals surface area contributed by atoms with Gasteiger partial charge in [-0.3, -0.25) is 0 Å². The first-order valence-electron chi connectivity index (χ1n) is 15.4. The van der Waals surface area contributed by atoms with Gasteiger partial charge in [0.2, 0.25) is 0 Å². The Bertz CT molecular complexity index is 914. The molecule has 0 unspecified atom stereocenters. The van der Waals surface area contributed by atoms with Crippen LogP contribution in [0, 0.1) is 17.3 Å². The molecule has 4 N–H and O–H groups in total. The number of carbonyl (C=O) groups excluding carboxylic acids is 1. The van der Waals surface area contributed by atoms with Crippen LogP contribution in [0.1, 0.15) is 109 Å². The SMILES string of the molecule is CC(C)(C)OC(=O)NCCCOc1ccc2c(c1)CC[C@@H]1[C@@H]2CC[C@]2(C)[C@@H](NCCCCCCN)CC[C@@H]12. The predicted octanol–water partition coefficient (Wildman–Crippen LogP) is 6.31. The van der Waals surface area contributed by atoms with Gasteiger partial charge in [0.05, 0.1) is 6.61 Å². The Morgan fingerprint density at radius 1 is 1.05 bits per heavy atom. The van der Waals surface area contributed by atoms with E-state index in [0.717, 1.165) is 43.5 Å². The minimum absolute atomic E-state index is 0.368. The maximum Gasteiger partial charge on any atom is 0.407 e. The molecule has 3 aliphatic rings. The fourth-order valence-corrected chi connectivity index (χ4v) is 7.65. The van der Waals surface area contributed by atoms with Crippen LogP contribution in [0.2, 0.25) is 0 Å². The third kappa shape index (κ3) is 7.24. The van der Waals surface area contributed by atoms with Gasteiger partial charge in [0.1, 0.15) is 11.4 Å². The van der Waals surface area contributed by atoms with Crippen molar-refractivity contribution in [2.75, 3.05) is 26.2 Å². The highest BCUT2D eigenvalue weighted by atomic mass is 16.6. The van der Waals surface area contributed by atoms with E-state index in [1.807, 2.05) is 20.8 Å². The summed E-state index contributed by atoms with van der Waals surface area (Å²) < 4.78 is 11.3. The van der Waals surface area contributed by atoms with Gasteiger partial charge in [0, 0.05) is 12.6 Å². The average molecular weight is 528 g/mol. The van der Waals surface area contributed by atoms with Crippen molar-refractivity contribution in [3.8, 4) is 5.75 Å². The van der Waals surface area contributed by atoms with Crippen LogP contribution in [0.25, 0.3) is 0 Å². The molecule has 0 bridgehead atoms. The van der Waals surface area contributed by atoms with E-state index in [4.69, 9.17) is 15.2 Å². The number of alkyl carbamates (subject to hydrolysis) is 1. The molecule has 0 heterocycles. The van der Waals surface area contributed by atoms with Crippen LogP contribution in [-0.4, -0.2) is 44.0 Å². The zero-order chi connectivity index (χ0) is 27.2. The molecular weight excluding hydrogens is 474 g/mol. The molecule has 38 heavy (non-hydrogen) atoms. The van der Waals surface area contributed by atoms with Gasteiger partial charge >= 0.3 is 6.09 Å². The summed E-state index contributed by atoms with van der Waals surface area (Å²) in [7, 11) is 0. The van der Waals surface area contributed by atoms with Crippen LogP contribution in [-0.2, 0) is 11.2 Å². The topological polar surface area (TPSA) is 85.6 Å². The van der Waals surface area contributed by atoms with E-state index in [1.54, 1.807) is 5.56 Å². The van der Waals surface area contributed by atoms with Crippen molar-refractivity contribution in [1.29, 1.82) is 0 Å². The Balaban J connectivity index is 1.25. The highest BCUT2D eigenvalue weighted by molar-refractivity contribution is 5.67. The summed E-state index contributed by atoms with van der Waals surface area (Å²) in [5.41, 5.74) is 8.69. The van der Waals surface area contributed by atoms with Gasteiger partial charge in [-0.2, -0.15) is 0 Å². The van der Waals surface area contributed by atoms with Crippen molar-refractivity contribution in [3.05, 3.63) is 29.3 Å². The highest BCUT2D eigenvalue weighted by Gasteiger charge is 2.54. The van der Waals surface area contributed by atoms with Gasteiger partial charge in [-0.05, 0) is 138 Å². The number of ether oxygens (including phenoxy) is 2. The van der Waals surface area contributed by atoms with Crippen molar-refractivity contribution >= 4 is 6.09 Å². The lowest BCUT2D eigenvalue weighted by atomic mass is 9.55. The summed E-state index contributed by atoms with van der Waals surface area (Å²) in [5, 5.41) is 6.79. The number of hydrogen-bond donors (Lipinski definition) is 3. The second-order valence-electron chi connectivity index (χ2n) is 13.2. The Labute approximate surface area is 231 Å². The number of rotatable bonds is 12. The third-order valence-corrected chi connectivity index (χ3v) is 9.48. The molecule has 6 heteroatoms. The monoisotopic (exact) mass is 527 g/mol. The molecule has 2 fully saturated rings. The second kappa shape index (κ2) is 13.0. The van der Waals surface area contributed by atoms with Crippen LogP contribution >= 0.6 is 0 Å². The Morgan fingerprint density at radius 3 is 2.66 bits per heavy atom. The fraction of sp³-hybridized carbons (Fsp3) is 0.781. The molecule has 2 saturated carbocycles. The number of amides is 1. The molecule has 0 aliphatic heterocycles. The molecule has 6 nitrogen and oxygen atoms in total. The van der Waals surface area contributed by atoms with Crippen molar-refractivity contribution in [2.24, 2.45) is 23.0 Å². The summed E-state index contributed by atoms with van der Waals surface area (Å²) in [6.07, 6.45) is 13.3. The summed E-state index contributed by atoms with van der Waals surface area (Å²) in [6, 6.07) is 7.49. The molecule has 3 aliphatic carbocycles. The minimum Gasteiger partial charge on any atom is -0.494 e. The zero-order valence-electron chi connectivity index (χ0n) is 24.5. The molecule has 214 valence electrons. The quantitative estimate of drug-likeness (QED) is 0.277. The Morgan fingerprint density at radius 2 is 1.87 bits per heavy atom. The molecule has 4 rings (SSSR count). The van der Waals surface area contributed by atoms with Gasteiger partial charge in [-0.15, -0.1) is 0 Å². The maximum absolute atomic E-state index is 11.8. The predicted molar refractivity (Wildman–Crippen MR) is 155 cm³/mol. The molecule has 1 aromatic carbocycles. The minimum atomic E-state index is -0.472. The molecule has 1 amide bonds. The van der Waals surface area contributed by atoms with Crippen molar-refractivity contribution in [1.82, 2.24) is 10.6 Å². The van der Waals surface area contributed by atoms with E-state index < -0.39 is 5.60 Å². The van der Waals surface area contributed by atoms with Gasteiger partial charge in [-0.25, -0.2) is 4.79 Å². The Hall–Kier alpha value is -1.79. The third-order valence-electron chi connectivity index (χ3n) is 9.48. The van der Waals surface area contributed by atoms with Crippen molar-refractivity contribution < 1.29 is 14.3 Å². The highest BCUT2D eigenvalue weighted by Crippen LogP contribution is 2.61. The van der Waals surface area contributed by atoms with E-state index in [9.17, 15) is 4.79 Å². The molecule has 1 aromatic rings. The molecule has 0 saturated heterocycles. The summed E-state index contributed by atoms with van der Waals surface area (Å²) >= 11 is 0. The Kier molecular flexibility index (Phi) is 10.0. The standard InChI is InChI=1S/C32H53N3O3/c1-31(2,3)38-30(36)35-20-9-21-37-24-11-13-25-23(22-24)10-12-27-26(25)16-17-32(4)28(27)14-15-29(32)34-19-8-6-5-7-18-33/h11,13,22,26-29,34H,5-10,12,14-21,33H2,1-4H3,(H,35,36)/t26-,27-,28+,29+,32+/m1/s1. The molecule has 0 aromatic heterocycles. The summed E-state index contributed by atoms with van der Waals surface area (Å²) in [6.45, 7) is 11.3. The lowest BCUT2D eigenvalue weighted by molar-refractivity contribution is 0.0412. The number of aryl methyl sites for hydroxylation is 1. The van der Waals surface area contributed by atoms with Crippen LogP contribution in [0.4, 0.5) is 4.79 Å². The normalized spacial score (nSPS) is 28.2. The first kappa shape index (κ1) is 29.2. The van der Waals surface area contributed by atoms with E-state index >= 15 is 0 Å². The van der Waals surface area contributed by atoms with Gasteiger partial charge in [0.15, 0.2) is 0 Å². The summed E-state index contributed by atoms with van der Waals surface area (Å²) in [4.78, 5) is 11.8. The van der Waals surface area contributed by atoms with E-state index in [1.165, 1.54) is 63.4 Å². The number of hydrogen-bond acceptors (Lipinski definition) is 5. The number of fused-ring (bicyclic) bond motifs is 5. The first-order valence-corrected chi connectivity index (χ1v) is 15.4. The van der Waals surface area contributed by atoms with E-state index in [0.29, 0.717) is 30.5 Å². The lowest BCUT2D eigenvalue weighted by Crippen LogP contribution is -2.48. The van der Waals surface area contributed by atoms with E-state index in [-0.39, 0.29) is 6.09 Å². The van der Waals surface area contributed by atoms with Gasteiger partial charge < -0.3 is 25.8 Å². The van der Waals surface area contributed by atoms with Crippen molar-refractivity contribution in [2.45, 2.75) is 116 Å². The fourth-order valence-electron chi connectivity index (χ4n) is 7.65. The van der Waals surface area contributed by atoms with Crippen LogP contribution in [0.15, 0.2) is 18.2 Å². The van der Waals surface area contributed by atoms with Crippen LogP contribution in [0.5, 0.6) is 5.75 Å². The first-order chi connectivity index (χ1) is 18.2. The summed E-state index contributed by atoms with van der Waals surface area (Å²) in [5.74, 6) is 3.33.